The van der Waals surface area contributed by atoms with Gasteiger partial charge in [0.1, 0.15) is 6.54 Å². The molecule has 0 aliphatic rings. The number of benzene rings is 2. The van der Waals surface area contributed by atoms with Gasteiger partial charge in [-0.3, -0.25) is 9.59 Å². The summed E-state index contributed by atoms with van der Waals surface area (Å²) < 4.78 is 31.4. The number of carbonyl (C=O) groups excluding carboxylic acids is 2. The number of para-hydroxylation sites is 1. The van der Waals surface area contributed by atoms with Crippen molar-refractivity contribution in [3.8, 4) is 6.07 Å². The number of nitrogens with one attached hydrogen (secondary N) is 2. The molecule has 0 aliphatic heterocycles. The highest BCUT2D eigenvalue weighted by Gasteiger charge is 2.19. The molecule has 1 aromatic heterocycles. The Morgan fingerprint density at radius 3 is 2.52 bits per heavy atom. The molecular formula is C20H17N3O5S. The van der Waals surface area contributed by atoms with Crippen LogP contribution in [0.4, 0.5) is 0 Å². The van der Waals surface area contributed by atoms with Gasteiger partial charge in [0.05, 0.1) is 16.5 Å². The average Bonchev–Trinajstić information content (AvgIpc) is 3.06. The molecule has 3 rings (SSSR count). The van der Waals surface area contributed by atoms with Gasteiger partial charge < -0.3 is 9.72 Å². The topological polar surface area (TPSA) is 129 Å². The number of aromatic amines is 1. The molecule has 29 heavy (non-hydrogen) atoms. The lowest BCUT2D eigenvalue weighted by Crippen LogP contribution is -2.31. The molecule has 148 valence electrons. The van der Waals surface area contributed by atoms with Gasteiger partial charge in [0.15, 0.2) is 6.61 Å². The van der Waals surface area contributed by atoms with Crippen LogP contribution >= 0.6 is 0 Å². The third-order valence-corrected chi connectivity index (χ3v) is 5.65. The highest BCUT2D eigenvalue weighted by atomic mass is 32.2. The van der Waals surface area contributed by atoms with Crippen LogP contribution in [-0.4, -0.2) is 38.3 Å². The molecule has 3 aromatic rings. The minimum absolute atomic E-state index is 0.0882. The molecule has 9 heteroatoms. The molecule has 0 atom stereocenters. The Morgan fingerprint density at radius 2 is 1.83 bits per heavy atom. The smallest absolute Gasteiger partial charge is 0.321 e. The summed E-state index contributed by atoms with van der Waals surface area (Å²) >= 11 is 0. The maximum Gasteiger partial charge on any atom is 0.321 e. The van der Waals surface area contributed by atoms with Crippen molar-refractivity contribution in [2.75, 3.05) is 13.2 Å². The second-order valence-electron chi connectivity index (χ2n) is 6.22. The van der Waals surface area contributed by atoms with Gasteiger partial charge in [-0.25, -0.2) is 8.42 Å². The zero-order valence-electron chi connectivity index (χ0n) is 15.4. The number of aromatic nitrogens is 1. The van der Waals surface area contributed by atoms with E-state index in [-0.39, 0.29) is 10.7 Å². The molecule has 2 N–H and O–H groups in total. The first kappa shape index (κ1) is 20.3. The Balaban J connectivity index is 1.58. The van der Waals surface area contributed by atoms with Crippen molar-refractivity contribution < 1.29 is 22.7 Å². The third kappa shape index (κ3) is 4.51. The van der Waals surface area contributed by atoms with Gasteiger partial charge in [0.25, 0.3) is 0 Å². The summed E-state index contributed by atoms with van der Waals surface area (Å²) in [6.45, 7) is 0.628. The van der Waals surface area contributed by atoms with E-state index in [1.54, 1.807) is 19.1 Å². The van der Waals surface area contributed by atoms with Crippen LogP contribution in [0.1, 0.15) is 21.6 Å². The molecule has 0 spiro atoms. The highest BCUT2D eigenvalue weighted by Crippen LogP contribution is 2.22. The van der Waals surface area contributed by atoms with Crippen LogP contribution in [0.5, 0.6) is 0 Å². The lowest BCUT2D eigenvalue weighted by Gasteiger charge is -2.07. The number of rotatable bonds is 7. The maximum atomic E-state index is 12.5. The van der Waals surface area contributed by atoms with E-state index < -0.39 is 29.1 Å². The molecule has 2 aromatic carbocycles. The summed E-state index contributed by atoms with van der Waals surface area (Å²) in [5.41, 5.74) is 2.21. The van der Waals surface area contributed by atoms with Gasteiger partial charge in [-0.1, -0.05) is 18.2 Å². The normalized spacial score (nSPS) is 11.2. The number of Topliss-reactive ketones (excluding diaryl/α,β-unsaturated/α-hetero) is 1. The quantitative estimate of drug-likeness (QED) is 0.452. The zero-order valence-corrected chi connectivity index (χ0v) is 16.2. The van der Waals surface area contributed by atoms with E-state index in [0.29, 0.717) is 16.8 Å². The fourth-order valence-electron chi connectivity index (χ4n) is 2.85. The van der Waals surface area contributed by atoms with E-state index in [2.05, 4.69) is 9.71 Å². The van der Waals surface area contributed by atoms with Crippen molar-refractivity contribution in [2.45, 2.75) is 11.8 Å². The Bertz CT molecular complexity index is 1220. The number of carbonyl (C=O) groups is 2. The van der Waals surface area contributed by atoms with Crippen molar-refractivity contribution in [1.29, 1.82) is 5.26 Å². The second kappa shape index (κ2) is 8.26. The molecule has 0 radical (unpaired) electrons. The van der Waals surface area contributed by atoms with Crippen LogP contribution in [-0.2, 0) is 19.6 Å². The monoisotopic (exact) mass is 411 g/mol. The zero-order chi connectivity index (χ0) is 21.0. The van der Waals surface area contributed by atoms with Crippen LogP contribution in [0, 0.1) is 18.3 Å². The molecular weight excluding hydrogens is 394 g/mol. The summed E-state index contributed by atoms with van der Waals surface area (Å²) in [6.07, 6.45) is 0. The summed E-state index contributed by atoms with van der Waals surface area (Å²) in [7, 11) is -3.95. The van der Waals surface area contributed by atoms with Crippen LogP contribution in [0.3, 0.4) is 0 Å². The Hall–Kier alpha value is -3.48. The second-order valence-corrected chi connectivity index (χ2v) is 7.98. The molecule has 8 nitrogen and oxygen atoms in total. The first-order valence-corrected chi connectivity index (χ1v) is 10.1. The Kier molecular flexibility index (Phi) is 5.77. The number of H-pyrrole nitrogens is 1. The van der Waals surface area contributed by atoms with E-state index in [1.807, 2.05) is 18.2 Å². The molecule has 0 fully saturated rings. The van der Waals surface area contributed by atoms with E-state index in [0.717, 1.165) is 10.9 Å². The number of sulfonamides is 1. The van der Waals surface area contributed by atoms with Crippen molar-refractivity contribution >= 4 is 32.7 Å². The Morgan fingerprint density at radius 1 is 1.14 bits per heavy atom. The number of hydrogen-bond donors (Lipinski definition) is 2. The van der Waals surface area contributed by atoms with Crippen LogP contribution in [0.25, 0.3) is 10.9 Å². The number of nitrogens with zero attached hydrogens (tertiary/aromatic N) is 1. The summed E-state index contributed by atoms with van der Waals surface area (Å²) in [4.78, 5) is 27.4. The number of ether oxygens (including phenoxy) is 1. The number of nitriles is 1. The van der Waals surface area contributed by atoms with Crippen LogP contribution < -0.4 is 4.72 Å². The summed E-state index contributed by atoms with van der Waals surface area (Å²) in [6, 6.07) is 14.4. The molecule has 0 bridgehead atoms. The molecule has 1 heterocycles. The van der Waals surface area contributed by atoms with Gasteiger partial charge in [-0.05, 0) is 37.3 Å². The summed E-state index contributed by atoms with van der Waals surface area (Å²) in [5, 5.41) is 9.48. The van der Waals surface area contributed by atoms with Gasteiger partial charge in [0.2, 0.25) is 15.8 Å². The lowest BCUT2D eigenvalue weighted by molar-refractivity contribution is -0.141. The molecule has 0 amide bonds. The van der Waals surface area contributed by atoms with Crippen molar-refractivity contribution in [3.63, 3.8) is 0 Å². The lowest BCUT2D eigenvalue weighted by atomic mass is 10.1. The number of aryl methyl sites for hydroxylation is 1. The minimum atomic E-state index is -3.95. The van der Waals surface area contributed by atoms with E-state index in [4.69, 9.17) is 10.00 Å². The Labute approximate surface area is 167 Å². The number of esters is 1. The first-order valence-electron chi connectivity index (χ1n) is 8.58. The standard InChI is InChI=1S/C20H17N3O5S/c1-13-20(16-4-2-3-5-17(16)23-13)18(24)12-28-19(25)11-22-29(26,27)15-8-6-14(10-21)7-9-15/h2-9,22-23H,11-12H2,1H3. The molecule has 0 saturated carbocycles. The van der Waals surface area contributed by atoms with Crippen molar-refractivity contribution in [3.05, 3.63) is 65.4 Å². The summed E-state index contributed by atoms with van der Waals surface area (Å²) in [5.74, 6) is -1.27. The van der Waals surface area contributed by atoms with E-state index in [9.17, 15) is 18.0 Å². The third-order valence-electron chi connectivity index (χ3n) is 4.24. The SMILES string of the molecule is Cc1[nH]c2ccccc2c1C(=O)COC(=O)CNS(=O)(=O)c1ccc(C#N)cc1. The van der Waals surface area contributed by atoms with Gasteiger partial charge >= 0.3 is 5.97 Å². The predicted molar refractivity (Wildman–Crippen MR) is 105 cm³/mol. The van der Waals surface area contributed by atoms with Gasteiger partial charge in [-0.2, -0.15) is 9.98 Å². The fourth-order valence-corrected chi connectivity index (χ4v) is 3.82. The molecule has 0 saturated heterocycles. The number of hydrogen-bond acceptors (Lipinski definition) is 6. The van der Waals surface area contributed by atoms with Gasteiger partial charge in [-0.15, -0.1) is 0 Å². The van der Waals surface area contributed by atoms with E-state index >= 15 is 0 Å². The largest absolute Gasteiger partial charge is 0.456 e. The van der Waals surface area contributed by atoms with Crippen LogP contribution in [0.2, 0.25) is 0 Å². The number of fused-ring (bicyclic) bond motifs is 1. The van der Waals surface area contributed by atoms with Gasteiger partial charge in [0, 0.05) is 22.2 Å². The van der Waals surface area contributed by atoms with E-state index in [1.165, 1.54) is 24.3 Å². The molecule has 0 unspecified atom stereocenters. The minimum Gasteiger partial charge on any atom is -0.456 e. The van der Waals surface area contributed by atoms with Crippen LogP contribution in [0.15, 0.2) is 53.4 Å². The average molecular weight is 411 g/mol. The van der Waals surface area contributed by atoms with Crippen molar-refractivity contribution in [2.24, 2.45) is 0 Å². The highest BCUT2D eigenvalue weighted by molar-refractivity contribution is 7.89. The number of ketones is 1. The first-order chi connectivity index (χ1) is 13.8. The van der Waals surface area contributed by atoms with Crippen molar-refractivity contribution in [1.82, 2.24) is 9.71 Å². The predicted octanol–water partition coefficient (Wildman–Crippen LogP) is 2.05. The fraction of sp³-hybridized carbons (Fsp3) is 0.150. The molecule has 0 aliphatic carbocycles. The maximum absolute atomic E-state index is 12.5.